The second-order valence-corrected chi connectivity index (χ2v) is 6.31. The Kier molecular flexibility index (Phi) is 4.76. The first-order valence-electron chi connectivity index (χ1n) is 6.46. The van der Waals surface area contributed by atoms with E-state index in [1.165, 1.54) is 0 Å². The summed E-state index contributed by atoms with van der Waals surface area (Å²) >= 11 is 0. The van der Waals surface area contributed by atoms with E-state index < -0.39 is 0 Å². The van der Waals surface area contributed by atoms with Crippen LogP contribution in [-0.2, 0) is 4.74 Å². The summed E-state index contributed by atoms with van der Waals surface area (Å²) < 4.78 is 6.01. The molecule has 0 aromatic rings. The molecule has 0 amide bonds. The lowest BCUT2D eigenvalue weighted by Gasteiger charge is -2.47. The second-order valence-electron chi connectivity index (χ2n) is 6.31. The summed E-state index contributed by atoms with van der Waals surface area (Å²) in [4.78, 5) is 2.30. The van der Waals surface area contributed by atoms with Gasteiger partial charge in [0.25, 0.3) is 0 Å². The Balaban J connectivity index is 2.50. The van der Waals surface area contributed by atoms with Crippen LogP contribution >= 0.6 is 0 Å². The number of morpholine rings is 1. The minimum atomic E-state index is -0.266. The van der Waals surface area contributed by atoms with Crippen molar-refractivity contribution in [1.82, 2.24) is 4.90 Å². The molecule has 0 aliphatic carbocycles. The molecule has 3 heteroatoms. The largest absolute Gasteiger partial charge is 0.392 e. The normalized spacial score (nSPS) is 25.5. The van der Waals surface area contributed by atoms with Crippen molar-refractivity contribution in [3.05, 3.63) is 12.7 Å². The Morgan fingerprint density at radius 2 is 1.82 bits per heavy atom. The maximum absolute atomic E-state index is 9.94. The molecule has 0 bridgehead atoms. The minimum absolute atomic E-state index is 0.139. The third-order valence-corrected chi connectivity index (χ3v) is 2.93. The third kappa shape index (κ3) is 5.19. The highest BCUT2D eigenvalue weighted by molar-refractivity contribution is 4.89. The monoisotopic (exact) mass is 241 g/mol. The van der Waals surface area contributed by atoms with Crippen LogP contribution in [0.25, 0.3) is 0 Å². The fourth-order valence-electron chi connectivity index (χ4n) is 2.77. The molecule has 1 atom stereocenters. The van der Waals surface area contributed by atoms with E-state index in [0.717, 1.165) is 32.5 Å². The fourth-order valence-corrected chi connectivity index (χ4v) is 2.77. The molecule has 0 aromatic carbocycles. The Bertz CT molecular complexity index is 245. The Labute approximate surface area is 105 Å². The van der Waals surface area contributed by atoms with Crippen molar-refractivity contribution >= 4 is 0 Å². The summed E-state index contributed by atoms with van der Waals surface area (Å²) in [7, 11) is 0. The van der Waals surface area contributed by atoms with Crippen LogP contribution in [0.2, 0.25) is 0 Å². The molecule has 1 fully saturated rings. The molecule has 17 heavy (non-hydrogen) atoms. The molecule has 0 saturated carbocycles. The van der Waals surface area contributed by atoms with E-state index in [4.69, 9.17) is 4.74 Å². The summed E-state index contributed by atoms with van der Waals surface area (Å²) in [5, 5.41) is 9.94. The van der Waals surface area contributed by atoms with Gasteiger partial charge in [-0.3, -0.25) is 4.90 Å². The molecule has 0 spiro atoms. The number of rotatable bonds is 5. The first kappa shape index (κ1) is 14.7. The number of ether oxygens (including phenoxy) is 1. The highest BCUT2D eigenvalue weighted by Gasteiger charge is 2.38. The number of aliphatic hydroxyl groups excluding tert-OH is 1. The summed E-state index contributed by atoms with van der Waals surface area (Å²) in [5.41, 5.74) is -0.278. The van der Waals surface area contributed by atoms with Crippen LogP contribution in [0.15, 0.2) is 12.7 Å². The first-order valence-corrected chi connectivity index (χ1v) is 6.46. The Hall–Kier alpha value is -0.380. The SMILES string of the molecule is C=CCC[C@H](O)CN1CC(C)(C)OC(C)(C)C1. The number of hydrogen-bond donors (Lipinski definition) is 1. The van der Waals surface area contributed by atoms with Crippen LogP contribution < -0.4 is 0 Å². The van der Waals surface area contributed by atoms with Crippen molar-refractivity contribution in [2.24, 2.45) is 0 Å². The van der Waals surface area contributed by atoms with E-state index in [-0.39, 0.29) is 17.3 Å². The van der Waals surface area contributed by atoms with Gasteiger partial charge < -0.3 is 9.84 Å². The zero-order chi connectivity index (χ0) is 13.1. The lowest BCUT2D eigenvalue weighted by atomic mass is 9.98. The maximum atomic E-state index is 9.94. The minimum Gasteiger partial charge on any atom is -0.392 e. The zero-order valence-electron chi connectivity index (χ0n) is 11.7. The van der Waals surface area contributed by atoms with Gasteiger partial charge in [-0.25, -0.2) is 0 Å². The van der Waals surface area contributed by atoms with E-state index in [9.17, 15) is 5.11 Å². The molecule has 1 saturated heterocycles. The predicted molar refractivity (Wildman–Crippen MR) is 71.1 cm³/mol. The highest BCUT2D eigenvalue weighted by atomic mass is 16.5. The Morgan fingerprint density at radius 1 is 1.29 bits per heavy atom. The van der Waals surface area contributed by atoms with Gasteiger partial charge in [-0.15, -0.1) is 6.58 Å². The molecule has 1 aliphatic heterocycles. The van der Waals surface area contributed by atoms with Gasteiger partial charge in [0.15, 0.2) is 0 Å². The van der Waals surface area contributed by atoms with E-state index in [1.54, 1.807) is 0 Å². The van der Waals surface area contributed by atoms with E-state index in [1.807, 2.05) is 6.08 Å². The van der Waals surface area contributed by atoms with Gasteiger partial charge in [0.1, 0.15) is 0 Å². The standard InChI is InChI=1S/C14H27NO2/c1-6-7-8-12(16)9-15-10-13(2,3)17-14(4,5)11-15/h6,12,16H,1,7-11H2,2-5H3/t12-/m0/s1. The predicted octanol–water partition coefficient (Wildman–Crippen LogP) is 2.20. The van der Waals surface area contributed by atoms with Gasteiger partial charge in [-0.2, -0.15) is 0 Å². The van der Waals surface area contributed by atoms with Crippen LogP contribution in [0, 0.1) is 0 Å². The highest BCUT2D eigenvalue weighted by Crippen LogP contribution is 2.28. The smallest absolute Gasteiger partial charge is 0.0760 e. The van der Waals surface area contributed by atoms with Gasteiger partial charge in [0.2, 0.25) is 0 Å². The van der Waals surface area contributed by atoms with Gasteiger partial charge in [0.05, 0.1) is 17.3 Å². The van der Waals surface area contributed by atoms with E-state index in [2.05, 4.69) is 39.2 Å². The molecular formula is C14H27NO2. The molecule has 1 rings (SSSR count). The number of allylic oxidation sites excluding steroid dienone is 1. The zero-order valence-corrected chi connectivity index (χ0v) is 11.7. The molecule has 1 heterocycles. The summed E-state index contributed by atoms with van der Waals surface area (Å²) in [6.45, 7) is 14.6. The summed E-state index contributed by atoms with van der Waals surface area (Å²) in [6, 6.07) is 0. The molecule has 100 valence electrons. The van der Waals surface area contributed by atoms with Crippen LogP contribution in [-0.4, -0.2) is 46.9 Å². The lowest BCUT2D eigenvalue weighted by molar-refractivity contribution is -0.183. The lowest BCUT2D eigenvalue weighted by Crippen LogP contribution is -2.58. The third-order valence-electron chi connectivity index (χ3n) is 2.93. The number of aliphatic hydroxyl groups is 1. The number of nitrogens with zero attached hydrogens (tertiary/aromatic N) is 1. The van der Waals surface area contributed by atoms with E-state index in [0.29, 0.717) is 0 Å². The Morgan fingerprint density at radius 3 is 2.29 bits per heavy atom. The quantitative estimate of drug-likeness (QED) is 0.749. The maximum Gasteiger partial charge on any atom is 0.0760 e. The first-order chi connectivity index (χ1) is 7.74. The summed E-state index contributed by atoms with van der Waals surface area (Å²) in [5.74, 6) is 0. The van der Waals surface area contributed by atoms with Crippen LogP contribution in [0.5, 0.6) is 0 Å². The van der Waals surface area contributed by atoms with Crippen molar-refractivity contribution in [3.63, 3.8) is 0 Å². The topological polar surface area (TPSA) is 32.7 Å². The fraction of sp³-hybridized carbons (Fsp3) is 0.857. The van der Waals surface area contributed by atoms with Crippen LogP contribution in [0.3, 0.4) is 0 Å². The number of β-amino-alcohol motifs (C(OH)–C–C–N with tert-alkyl or cyclic N) is 1. The van der Waals surface area contributed by atoms with Gasteiger partial charge in [0, 0.05) is 19.6 Å². The van der Waals surface area contributed by atoms with Crippen molar-refractivity contribution in [3.8, 4) is 0 Å². The van der Waals surface area contributed by atoms with E-state index >= 15 is 0 Å². The van der Waals surface area contributed by atoms with Crippen molar-refractivity contribution in [2.75, 3.05) is 19.6 Å². The molecule has 3 nitrogen and oxygen atoms in total. The average molecular weight is 241 g/mol. The van der Waals surface area contributed by atoms with Crippen molar-refractivity contribution < 1.29 is 9.84 Å². The molecule has 1 N–H and O–H groups in total. The average Bonchev–Trinajstić information content (AvgIpc) is 2.09. The van der Waals surface area contributed by atoms with Crippen LogP contribution in [0.4, 0.5) is 0 Å². The van der Waals surface area contributed by atoms with Crippen molar-refractivity contribution in [2.45, 2.75) is 57.8 Å². The molecule has 0 aromatic heterocycles. The number of hydrogen-bond acceptors (Lipinski definition) is 3. The molecule has 0 radical (unpaired) electrons. The van der Waals surface area contributed by atoms with Crippen molar-refractivity contribution in [1.29, 1.82) is 0 Å². The summed E-state index contributed by atoms with van der Waals surface area (Å²) in [6.07, 6.45) is 3.26. The van der Waals surface area contributed by atoms with Crippen LogP contribution in [0.1, 0.15) is 40.5 Å². The second kappa shape index (κ2) is 5.51. The molecule has 1 aliphatic rings. The van der Waals surface area contributed by atoms with Gasteiger partial charge in [-0.05, 0) is 40.5 Å². The molecular weight excluding hydrogens is 214 g/mol. The van der Waals surface area contributed by atoms with Gasteiger partial charge in [-0.1, -0.05) is 6.08 Å². The van der Waals surface area contributed by atoms with Gasteiger partial charge >= 0.3 is 0 Å². The molecule has 0 unspecified atom stereocenters.